The molecular formula is C15H16F3N3O2. The summed E-state index contributed by atoms with van der Waals surface area (Å²) in [5, 5.41) is 0. The second kappa shape index (κ2) is 5.21. The fourth-order valence-corrected chi connectivity index (χ4v) is 3.71. The summed E-state index contributed by atoms with van der Waals surface area (Å²) in [5.41, 5.74) is 4.66. The number of hydrogen-bond acceptors (Lipinski definition) is 3. The first-order valence-corrected chi connectivity index (χ1v) is 7.38. The van der Waals surface area contributed by atoms with Crippen molar-refractivity contribution < 1.29 is 22.8 Å². The van der Waals surface area contributed by atoms with Crippen LogP contribution in [0.25, 0.3) is 0 Å². The number of rotatable bonds is 2. The Kier molecular flexibility index (Phi) is 3.57. The van der Waals surface area contributed by atoms with Gasteiger partial charge in [0.1, 0.15) is 11.9 Å². The van der Waals surface area contributed by atoms with Crippen molar-refractivity contribution in [2.24, 2.45) is 17.6 Å². The van der Waals surface area contributed by atoms with Crippen LogP contribution in [0.3, 0.4) is 0 Å². The molecule has 2 fully saturated rings. The molecule has 8 heteroatoms. The largest absolute Gasteiger partial charge is 0.416 e. The number of anilines is 1. The molecule has 0 spiro atoms. The summed E-state index contributed by atoms with van der Waals surface area (Å²) in [7, 11) is 0. The van der Waals surface area contributed by atoms with Crippen LogP contribution in [0.2, 0.25) is 0 Å². The second-order valence-electron chi connectivity index (χ2n) is 6.11. The SMILES string of the molecule is Cc1cc(C(F)(F)F)cc(N2C(=O)C3CCCC3C2C(N)=O)n1. The van der Waals surface area contributed by atoms with Gasteiger partial charge < -0.3 is 5.73 Å². The molecule has 2 heterocycles. The molecule has 1 saturated carbocycles. The number of hydrogen-bond donors (Lipinski definition) is 1. The van der Waals surface area contributed by atoms with Crippen LogP contribution in [-0.4, -0.2) is 22.8 Å². The number of nitrogens with zero attached hydrogens (tertiary/aromatic N) is 2. The van der Waals surface area contributed by atoms with E-state index < -0.39 is 23.7 Å². The molecule has 5 nitrogen and oxygen atoms in total. The minimum atomic E-state index is -4.55. The third-order valence-corrected chi connectivity index (χ3v) is 4.61. The van der Waals surface area contributed by atoms with Crippen LogP contribution in [-0.2, 0) is 15.8 Å². The summed E-state index contributed by atoms with van der Waals surface area (Å²) in [5.74, 6) is -1.81. The predicted octanol–water partition coefficient (Wildman–Crippen LogP) is 2.03. The van der Waals surface area contributed by atoms with Crippen molar-refractivity contribution in [1.29, 1.82) is 0 Å². The maximum atomic E-state index is 13.0. The molecular weight excluding hydrogens is 311 g/mol. The Morgan fingerprint density at radius 1 is 1.35 bits per heavy atom. The molecule has 124 valence electrons. The fourth-order valence-electron chi connectivity index (χ4n) is 3.71. The number of carbonyl (C=O) groups is 2. The van der Waals surface area contributed by atoms with Gasteiger partial charge in [-0.25, -0.2) is 4.98 Å². The number of aryl methyl sites for hydroxylation is 1. The normalized spacial score (nSPS) is 27.4. The Bertz CT molecular complexity index is 674. The van der Waals surface area contributed by atoms with E-state index in [9.17, 15) is 22.8 Å². The number of carbonyl (C=O) groups excluding carboxylic acids is 2. The van der Waals surface area contributed by atoms with E-state index in [1.54, 1.807) is 0 Å². The van der Waals surface area contributed by atoms with E-state index in [0.29, 0.717) is 12.8 Å². The van der Waals surface area contributed by atoms with E-state index in [1.165, 1.54) is 6.92 Å². The first-order chi connectivity index (χ1) is 10.7. The van der Waals surface area contributed by atoms with Crippen LogP contribution in [0.1, 0.15) is 30.5 Å². The predicted molar refractivity (Wildman–Crippen MR) is 75.3 cm³/mol. The molecule has 2 N–H and O–H groups in total. The highest BCUT2D eigenvalue weighted by atomic mass is 19.4. The Balaban J connectivity index is 2.08. The van der Waals surface area contributed by atoms with Gasteiger partial charge in [0.25, 0.3) is 0 Å². The van der Waals surface area contributed by atoms with E-state index in [2.05, 4.69) is 4.98 Å². The summed E-state index contributed by atoms with van der Waals surface area (Å²) in [6.07, 6.45) is -2.45. The fraction of sp³-hybridized carbons (Fsp3) is 0.533. The first-order valence-electron chi connectivity index (χ1n) is 7.38. The zero-order valence-electron chi connectivity index (χ0n) is 12.4. The highest BCUT2D eigenvalue weighted by Gasteiger charge is 2.53. The maximum Gasteiger partial charge on any atom is 0.416 e. The van der Waals surface area contributed by atoms with Crippen molar-refractivity contribution >= 4 is 17.6 Å². The molecule has 2 amide bonds. The van der Waals surface area contributed by atoms with Crippen LogP contribution in [0, 0.1) is 18.8 Å². The van der Waals surface area contributed by atoms with Crippen molar-refractivity contribution in [2.75, 3.05) is 4.90 Å². The quantitative estimate of drug-likeness (QED) is 0.903. The third-order valence-electron chi connectivity index (χ3n) is 4.61. The molecule has 1 aliphatic heterocycles. The average Bonchev–Trinajstić information content (AvgIpc) is 2.99. The third kappa shape index (κ3) is 2.55. The lowest BCUT2D eigenvalue weighted by Crippen LogP contribution is -2.45. The summed E-state index contributed by atoms with van der Waals surface area (Å²) in [6, 6.07) is 0.789. The van der Waals surface area contributed by atoms with Gasteiger partial charge in [-0.2, -0.15) is 13.2 Å². The highest BCUT2D eigenvalue weighted by Crippen LogP contribution is 2.45. The van der Waals surface area contributed by atoms with E-state index in [0.717, 1.165) is 23.5 Å². The Labute approximate surface area is 130 Å². The van der Waals surface area contributed by atoms with Crippen molar-refractivity contribution in [3.05, 3.63) is 23.4 Å². The van der Waals surface area contributed by atoms with Gasteiger partial charge in [-0.1, -0.05) is 6.42 Å². The monoisotopic (exact) mass is 327 g/mol. The van der Waals surface area contributed by atoms with Gasteiger partial charge in [-0.3, -0.25) is 14.5 Å². The van der Waals surface area contributed by atoms with Crippen molar-refractivity contribution in [1.82, 2.24) is 4.98 Å². The molecule has 1 saturated heterocycles. The van der Waals surface area contributed by atoms with E-state index in [1.807, 2.05) is 0 Å². The zero-order valence-corrected chi connectivity index (χ0v) is 12.4. The van der Waals surface area contributed by atoms with Gasteiger partial charge in [0.2, 0.25) is 11.8 Å². The second-order valence-corrected chi connectivity index (χ2v) is 6.11. The molecule has 2 aliphatic rings. The van der Waals surface area contributed by atoms with Crippen molar-refractivity contribution in [3.63, 3.8) is 0 Å². The van der Waals surface area contributed by atoms with Crippen LogP contribution < -0.4 is 10.6 Å². The first kappa shape index (κ1) is 15.8. The Morgan fingerprint density at radius 3 is 2.65 bits per heavy atom. The molecule has 0 radical (unpaired) electrons. The number of pyridine rings is 1. The molecule has 0 aromatic carbocycles. The lowest BCUT2D eigenvalue weighted by Gasteiger charge is -2.25. The number of alkyl halides is 3. The highest BCUT2D eigenvalue weighted by molar-refractivity contribution is 6.05. The molecule has 3 rings (SSSR count). The summed E-state index contributed by atoms with van der Waals surface area (Å²) >= 11 is 0. The summed E-state index contributed by atoms with van der Waals surface area (Å²) < 4.78 is 39.0. The van der Waals surface area contributed by atoms with Gasteiger partial charge in [-0.15, -0.1) is 0 Å². The average molecular weight is 327 g/mol. The minimum absolute atomic E-state index is 0.128. The summed E-state index contributed by atoms with van der Waals surface area (Å²) in [6.45, 7) is 1.42. The van der Waals surface area contributed by atoms with Gasteiger partial charge in [0.15, 0.2) is 0 Å². The van der Waals surface area contributed by atoms with E-state index in [-0.39, 0.29) is 29.3 Å². The zero-order chi connectivity index (χ0) is 16.9. The lowest BCUT2D eigenvalue weighted by atomic mass is 9.93. The molecule has 1 aliphatic carbocycles. The molecule has 0 bridgehead atoms. The number of amides is 2. The number of aromatic nitrogens is 1. The molecule has 3 unspecified atom stereocenters. The van der Waals surface area contributed by atoms with Gasteiger partial charge in [0, 0.05) is 17.5 Å². The van der Waals surface area contributed by atoms with Crippen LogP contribution >= 0.6 is 0 Å². The Hall–Kier alpha value is -2.12. The van der Waals surface area contributed by atoms with E-state index in [4.69, 9.17) is 5.73 Å². The number of nitrogens with two attached hydrogens (primary N) is 1. The van der Waals surface area contributed by atoms with Crippen LogP contribution in [0.5, 0.6) is 0 Å². The van der Waals surface area contributed by atoms with Crippen LogP contribution in [0.15, 0.2) is 12.1 Å². The smallest absolute Gasteiger partial charge is 0.368 e. The summed E-state index contributed by atoms with van der Waals surface area (Å²) in [4.78, 5) is 29.5. The Morgan fingerprint density at radius 2 is 2.04 bits per heavy atom. The molecule has 3 atom stereocenters. The number of halogens is 3. The maximum absolute atomic E-state index is 13.0. The van der Waals surface area contributed by atoms with Crippen molar-refractivity contribution in [2.45, 2.75) is 38.4 Å². The molecule has 1 aromatic heterocycles. The minimum Gasteiger partial charge on any atom is -0.368 e. The van der Waals surface area contributed by atoms with Gasteiger partial charge >= 0.3 is 6.18 Å². The molecule has 23 heavy (non-hydrogen) atoms. The standard InChI is InChI=1S/C15H16F3N3O2/c1-7-5-8(15(16,17)18)6-11(20-7)21-12(13(19)22)9-3-2-4-10(9)14(21)23/h5-6,9-10,12H,2-4H2,1H3,(H2,19,22). The topological polar surface area (TPSA) is 76.3 Å². The van der Waals surface area contributed by atoms with Crippen LogP contribution in [0.4, 0.5) is 19.0 Å². The van der Waals surface area contributed by atoms with Crippen molar-refractivity contribution in [3.8, 4) is 0 Å². The molecule has 1 aromatic rings. The number of fused-ring (bicyclic) bond motifs is 1. The number of primary amides is 1. The van der Waals surface area contributed by atoms with E-state index >= 15 is 0 Å². The van der Waals surface area contributed by atoms with Gasteiger partial charge in [-0.05, 0) is 31.9 Å². The lowest BCUT2D eigenvalue weighted by molar-refractivity contribution is -0.137. The van der Waals surface area contributed by atoms with Gasteiger partial charge in [0.05, 0.1) is 5.56 Å².